The second-order valence-electron chi connectivity index (χ2n) is 16.9. The lowest BCUT2D eigenvalue weighted by Gasteiger charge is -2.29. The minimum atomic E-state index is -0.417. The first-order valence-corrected chi connectivity index (χ1v) is 20.9. The summed E-state index contributed by atoms with van der Waals surface area (Å²) >= 11 is 0. The van der Waals surface area contributed by atoms with Crippen LogP contribution in [0, 0.1) is 5.92 Å². The van der Waals surface area contributed by atoms with Gasteiger partial charge >= 0.3 is 11.9 Å². The van der Waals surface area contributed by atoms with Gasteiger partial charge in [0.05, 0.1) is 12.0 Å². The van der Waals surface area contributed by atoms with E-state index in [-0.39, 0.29) is 42.8 Å². The van der Waals surface area contributed by atoms with E-state index in [2.05, 4.69) is 44.3 Å². The topological polar surface area (TPSA) is 90.9 Å². The van der Waals surface area contributed by atoms with E-state index >= 15 is 0 Å². The normalized spacial score (nSPS) is 14.7. The number of hydrogen-bond acceptors (Lipinski definition) is 6. The number of aryl methyl sites for hydroxylation is 1. The van der Waals surface area contributed by atoms with Gasteiger partial charge in [0.15, 0.2) is 0 Å². The number of ether oxygens (including phenoxy) is 3. The smallest absolute Gasteiger partial charge is 0.338 e. The summed E-state index contributed by atoms with van der Waals surface area (Å²) in [5.74, 6) is 1.04. The maximum absolute atomic E-state index is 14.0. The summed E-state index contributed by atoms with van der Waals surface area (Å²) in [7, 11) is 0. The minimum absolute atomic E-state index is 0.0203. The van der Waals surface area contributed by atoms with E-state index in [0.29, 0.717) is 29.9 Å². The number of amides is 1. The maximum Gasteiger partial charge on any atom is 0.338 e. The maximum atomic E-state index is 14.0. The lowest BCUT2D eigenvalue weighted by atomic mass is 9.83. The summed E-state index contributed by atoms with van der Waals surface area (Å²) in [5.41, 5.74) is 6.62. The zero-order valence-electron chi connectivity index (χ0n) is 34.0. The van der Waals surface area contributed by atoms with Crippen molar-refractivity contribution in [1.82, 2.24) is 0 Å². The fourth-order valence-electron chi connectivity index (χ4n) is 8.50. The van der Waals surface area contributed by atoms with Crippen LogP contribution in [0.4, 0.5) is 5.69 Å². The Morgan fingerprint density at radius 1 is 0.759 bits per heavy atom. The lowest BCUT2D eigenvalue weighted by molar-refractivity contribution is -0.144. The van der Waals surface area contributed by atoms with Crippen LogP contribution < -0.4 is 10.1 Å². The Bertz CT molecular complexity index is 2150. The molecule has 0 spiro atoms. The van der Waals surface area contributed by atoms with Gasteiger partial charge in [-0.1, -0.05) is 150 Å². The first-order chi connectivity index (χ1) is 28.1. The molecular weight excluding hydrogens is 723 g/mol. The molecule has 0 bridgehead atoms. The monoisotopic (exact) mass is 777 g/mol. The SMILES string of the molecule is CC(C)(C)c1ccc(CCC(CC2CCCCC2)OC(=O)c2ccccc2CC(=O)OCc2ccccc2)cc1NC(=O)CC1c2ccccc2Oc2ccccc21. The van der Waals surface area contributed by atoms with Crippen molar-refractivity contribution < 1.29 is 28.6 Å². The predicted octanol–water partition coefficient (Wildman–Crippen LogP) is 11.7. The van der Waals surface area contributed by atoms with Crippen molar-refractivity contribution in [3.63, 3.8) is 0 Å². The molecule has 0 saturated heterocycles. The van der Waals surface area contributed by atoms with Gasteiger partial charge < -0.3 is 19.5 Å². The minimum Gasteiger partial charge on any atom is -0.461 e. The zero-order valence-corrected chi connectivity index (χ0v) is 34.0. The summed E-state index contributed by atoms with van der Waals surface area (Å²) in [5, 5.41) is 3.31. The average Bonchev–Trinajstić information content (AvgIpc) is 3.22. The molecule has 5 aromatic carbocycles. The highest BCUT2D eigenvalue weighted by Crippen LogP contribution is 2.45. The molecule has 5 aromatic rings. The van der Waals surface area contributed by atoms with Crippen LogP contribution in [0.5, 0.6) is 11.5 Å². The Kier molecular flexibility index (Phi) is 13.1. The molecule has 1 atom stereocenters. The highest BCUT2D eigenvalue weighted by atomic mass is 16.5. The van der Waals surface area contributed by atoms with Crippen molar-refractivity contribution >= 4 is 23.5 Å². The predicted molar refractivity (Wildman–Crippen MR) is 228 cm³/mol. The van der Waals surface area contributed by atoms with E-state index in [4.69, 9.17) is 14.2 Å². The van der Waals surface area contributed by atoms with Crippen molar-refractivity contribution in [2.75, 3.05) is 5.32 Å². The lowest BCUT2D eigenvalue weighted by Crippen LogP contribution is -2.25. The molecule has 1 heterocycles. The number of hydrogen-bond donors (Lipinski definition) is 1. The molecule has 1 saturated carbocycles. The molecule has 1 fully saturated rings. The summed E-state index contributed by atoms with van der Waals surface area (Å²) < 4.78 is 18.1. The molecule has 58 heavy (non-hydrogen) atoms. The van der Waals surface area contributed by atoms with Crippen LogP contribution in [0.25, 0.3) is 0 Å². The third-order valence-electron chi connectivity index (χ3n) is 11.5. The summed E-state index contributed by atoms with van der Waals surface area (Å²) in [6.07, 6.45) is 7.97. The zero-order chi connectivity index (χ0) is 40.5. The number of benzene rings is 5. The molecule has 0 radical (unpaired) electrons. The third-order valence-corrected chi connectivity index (χ3v) is 11.5. The fraction of sp³-hybridized carbons (Fsp3) is 0.353. The highest BCUT2D eigenvalue weighted by Gasteiger charge is 2.30. The number of nitrogens with one attached hydrogen (secondary N) is 1. The van der Waals surface area contributed by atoms with E-state index < -0.39 is 11.9 Å². The number of rotatable bonds is 14. The Balaban J connectivity index is 1.05. The van der Waals surface area contributed by atoms with Crippen LogP contribution in [-0.2, 0) is 43.9 Å². The number of anilines is 1. The first-order valence-electron chi connectivity index (χ1n) is 20.9. The molecule has 1 aliphatic heterocycles. The van der Waals surface area contributed by atoms with Crippen LogP contribution in [0.1, 0.15) is 122 Å². The Hall–Kier alpha value is -5.69. The molecule has 7 nitrogen and oxygen atoms in total. The molecule has 2 aliphatic rings. The standard InChI is InChI=1S/C51H55NO6/c1-51(2,3)44-29-27-36(31-45(44)52-48(53)33-43-41-22-12-14-24-46(41)58-47-25-15-13-23-42(43)47)26-28-39(30-35-16-6-4-7-17-35)57-50(55)40-21-11-10-20-38(40)32-49(54)56-34-37-18-8-5-9-19-37/h5,8-15,18-25,27,29,31,35,39,43H,4,6-7,16-17,26,28,30,32-34H2,1-3H3,(H,52,53). The van der Waals surface area contributed by atoms with Gasteiger partial charge in [-0.05, 0) is 77.1 Å². The Morgan fingerprint density at radius 2 is 1.41 bits per heavy atom. The van der Waals surface area contributed by atoms with E-state index in [1.165, 1.54) is 19.3 Å². The van der Waals surface area contributed by atoms with Crippen LogP contribution >= 0.6 is 0 Å². The molecule has 7 rings (SSSR count). The van der Waals surface area contributed by atoms with Crippen LogP contribution in [-0.4, -0.2) is 23.9 Å². The van der Waals surface area contributed by atoms with Crippen molar-refractivity contribution in [1.29, 1.82) is 0 Å². The van der Waals surface area contributed by atoms with Gasteiger partial charge in [0.25, 0.3) is 0 Å². The molecule has 1 N–H and O–H groups in total. The van der Waals surface area contributed by atoms with E-state index in [1.54, 1.807) is 18.2 Å². The van der Waals surface area contributed by atoms with Gasteiger partial charge in [-0.25, -0.2) is 4.79 Å². The quantitative estimate of drug-likeness (QED) is 0.113. The van der Waals surface area contributed by atoms with Gasteiger partial charge in [0, 0.05) is 29.2 Å². The second kappa shape index (κ2) is 18.7. The fourth-order valence-corrected chi connectivity index (χ4v) is 8.50. The van der Waals surface area contributed by atoms with Crippen LogP contribution in [0.3, 0.4) is 0 Å². The number of esters is 2. The van der Waals surface area contributed by atoms with Gasteiger partial charge in [0.2, 0.25) is 5.91 Å². The van der Waals surface area contributed by atoms with Crippen LogP contribution in [0.15, 0.2) is 121 Å². The van der Waals surface area contributed by atoms with Gasteiger partial charge in [-0.15, -0.1) is 0 Å². The number of para-hydroxylation sites is 2. The summed E-state index contributed by atoms with van der Waals surface area (Å²) in [6.45, 7) is 6.65. The largest absolute Gasteiger partial charge is 0.461 e. The summed E-state index contributed by atoms with van der Waals surface area (Å²) in [6, 6.07) is 39.0. The Labute approximate surface area is 343 Å². The molecular formula is C51H55NO6. The summed E-state index contributed by atoms with van der Waals surface area (Å²) in [4.78, 5) is 40.8. The average molecular weight is 778 g/mol. The second-order valence-corrected chi connectivity index (χ2v) is 16.9. The first kappa shape index (κ1) is 40.5. The van der Waals surface area contributed by atoms with Gasteiger partial charge in [-0.3, -0.25) is 9.59 Å². The van der Waals surface area contributed by atoms with Crippen molar-refractivity contribution in [3.8, 4) is 11.5 Å². The van der Waals surface area contributed by atoms with Crippen molar-refractivity contribution in [2.45, 2.75) is 109 Å². The van der Waals surface area contributed by atoms with Gasteiger partial charge in [-0.2, -0.15) is 0 Å². The molecule has 7 heteroatoms. The van der Waals surface area contributed by atoms with Gasteiger partial charge in [0.1, 0.15) is 24.2 Å². The Morgan fingerprint density at radius 3 is 2.12 bits per heavy atom. The highest BCUT2D eigenvalue weighted by molar-refractivity contribution is 5.93. The third kappa shape index (κ3) is 10.4. The molecule has 1 amide bonds. The van der Waals surface area contributed by atoms with Crippen molar-refractivity contribution in [2.24, 2.45) is 5.92 Å². The molecule has 0 aromatic heterocycles. The number of fused-ring (bicyclic) bond motifs is 2. The number of carbonyl (C=O) groups is 3. The van der Waals surface area contributed by atoms with E-state index in [0.717, 1.165) is 64.3 Å². The molecule has 1 unspecified atom stereocenters. The molecule has 1 aliphatic carbocycles. The van der Waals surface area contributed by atoms with E-state index in [1.807, 2.05) is 84.9 Å². The van der Waals surface area contributed by atoms with E-state index in [9.17, 15) is 14.4 Å². The number of carbonyl (C=O) groups excluding carboxylic acids is 3. The van der Waals surface area contributed by atoms with Crippen LogP contribution in [0.2, 0.25) is 0 Å². The molecule has 300 valence electrons. The van der Waals surface area contributed by atoms with Crippen molar-refractivity contribution in [3.05, 3.63) is 160 Å².